The van der Waals surface area contributed by atoms with Gasteiger partial charge in [-0.2, -0.15) is 0 Å². The van der Waals surface area contributed by atoms with Crippen molar-refractivity contribution >= 4 is 39.0 Å². The first-order valence-electron chi connectivity index (χ1n) is 6.11. The predicted molar refractivity (Wildman–Crippen MR) is 84.6 cm³/mol. The summed E-state index contributed by atoms with van der Waals surface area (Å²) in [4.78, 5) is 1.14. The summed E-state index contributed by atoms with van der Waals surface area (Å²) in [5.41, 5.74) is 0. The zero-order chi connectivity index (χ0) is 13.9. The summed E-state index contributed by atoms with van der Waals surface area (Å²) < 4.78 is 0. The SMILES string of the molecule is CNc1nnc(CSc2ccc(O)c3ccccc23)s1. The second-order valence-electron chi connectivity index (χ2n) is 4.17. The van der Waals surface area contributed by atoms with E-state index in [9.17, 15) is 5.11 Å². The molecule has 0 amide bonds. The van der Waals surface area contributed by atoms with Crippen molar-refractivity contribution in [3.8, 4) is 5.75 Å². The van der Waals surface area contributed by atoms with Crippen molar-refractivity contribution in [3.63, 3.8) is 0 Å². The Labute approximate surface area is 124 Å². The smallest absolute Gasteiger partial charge is 0.205 e. The number of nitrogens with zero attached hydrogens (tertiary/aromatic N) is 2. The Morgan fingerprint density at radius 2 is 1.95 bits per heavy atom. The van der Waals surface area contributed by atoms with Gasteiger partial charge in [0.2, 0.25) is 5.13 Å². The summed E-state index contributed by atoms with van der Waals surface area (Å²) in [6, 6.07) is 11.6. The van der Waals surface area contributed by atoms with E-state index in [1.54, 1.807) is 29.2 Å². The third kappa shape index (κ3) is 2.57. The molecule has 2 N–H and O–H groups in total. The minimum atomic E-state index is 0.318. The highest BCUT2D eigenvalue weighted by Gasteiger charge is 2.08. The molecule has 0 saturated heterocycles. The Morgan fingerprint density at radius 3 is 2.70 bits per heavy atom. The molecule has 3 aromatic rings. The maximum atomic E-state index is 9.88. The number of phenolic OH excluding ortho intramolecular Hbond substituents is 1. The Balaban J connectivity index is 1.86. The van der Waals surface area contributed by atoms with Crippen LogP contribution in [0.3, 0.4) is 0 Å². The molecule has 3 rings (SSSR count). The van der Waals surface area contributed by atoms with Crippen LogP contribution in [0.4, 0.5) is 5.13 Å². The molecule has 0 aliphatic heterocycles. The van der Waals surface area contributed by atoms with Gasteiger partial charge in [0.05, 0.1) is 5.75 Å². The molecule has 0 saturated carbocycles. The van der Waals surface area contributed by atoms with Crippen LogP contribution >= 0.6 is 23.1 Å². The van der Waals surface area contributed by atoms with E-state index in [0.29, 0.717) is 5.75 Å². The molecule has 0 atom stereocenters. The molecule has 20 heavy (non-hydrogen) atoms. The van der Waals surface area contributed by atoms with Crippen LogP contribution in [-0.2, 0) is 5.75 Å². The molecule has 4 nitrogen and oxygen atoms in total. The van der Waals surface area contributed by atoms with E-state index in [2.05, 4.69) is 15.5 Å². The predicted octanol–water partition coefficient (Wildman–Crippen LogP) is 3.73. The molecule has 102 valence electrons. The van der Waals surface area contributed by atoms with Gasteiger partial charge < -0.3 is 10.4 Å². The summed E-state index contributed by atoms with van der Waals surface area (Å²) >= 11 is 3.26. The number of aromatic nitrogens is 2. The molecule has 6 heteroatoms. The zero-order valence-corrected chi connectivity index (χ0v) is 12.5. The monoisotopic (exact) mass is 303 g/mol. The van der Waals surface area contributed by atoms with Gasteiger partial charge in [-0.05, 0) is 17.5 Å². The highest BCUT2D eigenvalue weighted by molar-refractivity contribution is 7.98. The fourth-order valence-electron chi connectivity index (χ4n) is 1.93. The molecule has 0 unspecified atom stereocenters. The standard InChI is InChI=1S/C14H13N3OS2/c1-15-14-17-16-13(20-14)8-19-12-7-6-11(18)9-4-2-3-5-10(9)12/h2-7,18H,8H2,1H3,(H,15,17). The normalized spacial score (nSPS) is 10.8. The number of thioether (sulfide) groups is 1. The lowest BCUT2D eigenvalue weighted by atomic mass is 10.1. The van der Waals surface area contributed by atoms with Crippen molar-refractivity contribution in [3.05, 3.63) is 41.4 Å². The van der Waals surface area contributed by atoms with E-state index < -0.39 is 0 Å². The summed E-state index contributed by atoms with van der Waals surface area (Å²) in [6.07, 6.45) is 0. The maximum absolute atomic E-state index is 9.88. The van der Waals surface area contributed by atoms with Gasteiger partial charge in [0.1, 0.15) is 10.8 Å². The van der Waals surface area contributed by atoms with Crippen LogP contribution in [0.5, 0.6) is 5.75 Å². The first kappa shape index (κ1) is 13.2. The highest BCUT2D eigenvalue weighted by atomic mass is 32.2. The van der Waals surface area contributed by atoms with Crippen molar-refractivity contribution in [2.24, 2.45) is 0 Å². The Morgan fingerprint density at radius 1 is 1.15 bits per heavy atom. The third-order valence-electron chi connectivity index (χ3n) is 2.89. The molecule has 0 aliphatic rings. The molecule has 0 fully saturated rings. The van der Waals surface area contributed by atoms with E-state index in [-0.39, 0.29) is 0 Å². The number of fused-ring (bicyclic) bond motifs is 1. The molecule has 0 bridgehead atoms. The van der Waals surface area contributed by atoms with Crippen molar-refractivity contribution in [1.29, 1.82) is 0 Å². The van der Waals surface area contributed by atoms with Gasteiger partial charge in [0, 0.05) is 17.3 Å². The van der Waals surface area contributed by atoms with Gasteiger partial charge in [0.25, 0.3) is 0 Å². The topological polar surface area (TPSA) is 58.0 Å². The Bertz CT molecular complexity index is 742. The van der Waals surface area contributed by atoms with Crippen LogP contribution in [0, 0.1) is 0 Å². The van der Waals surface area contributed by atoms with Crippen LogP contribution in [0.25, 0.3) is 10.8 Å². The lowest BCUT2D eigenvalue weighted by Gasteiger charge is -2.06. The van der Waals surface area contributed by atoms with Crippen molar-refractivity contribution in [2.75, 3.05) is 12.4 Å². The van der Waals surface area contributed by atoms with E-state index in [1.807, 2.05) is 37.4 Å². The number of hydrogen-bond acceptors (Lipinski definition) is 6. The third-order valence-corrected chi connectivity index (χ3v) is 5.10. The highest BCUT2D eigenvalue weighted by Crippen LogP contribution is 2.35. The number of rotatable bonds is 4. The largest absolute Gasteiger partial charge is 0.507 e. The quantitative estimate of drug-likeness (QED) is 0.719. The van der Waals surface area contributed by atoms with Gasteiger partial charge in [-0.1, -0.05) is 35.6 Å². The number of anilines is 1. The van der Waals surface area contributed by atoms with Gasteiger partial charge in [-0.25, -0.2) is 0 Å². The summed E-state index contributed by atoms with van der Waals surface area (Å²) in [5, 5.41) is 24.8. The summed E-state index contributed by atoms with van der Waals surface area (Å²) in [7, 11) is 1.84. The lowest BCUT2D eigenvalue weighted by Crippen LogP contribution is -1.84. The first-order valence-corrected chi connectivity index (χ1v) is 7.92. The van der Waals surface area contributed by atoms with Crippen LogP contribution < -0.4 is 5.32 Å². The van der Waals surface area contributed by atoms with Gasteiger partial charge in [0.15, 0.2) is 0 Å². The first-order chi connectivity index (χ1) is 9.78. The molecule has 1 aromatic heterocycles. The van der Waals surface area contributed by atoms with Crippen LogP contribution in [0.2, 0.25) is 0 Å². The number of benzene rings is 2. The molecular weight excluding hydrogens is 290 g/mol. The number of phenols is 1. The van der Waals surface area contributed by atoms with E-state index in [0.717, 1.165) is 31.6 Å². The molecule has 1 heterocycles. The lowest BCUT2D eigenvalue weighted by molar-refractivity contribution is 0.481. The fraction of sp³-hybridized carbons (Fsp3) is 0.143. The summed E-state index contributed by atoms with van der Waals surface area (Å²) in [5.74, 6) is 1.09. The van der Waals surface area contributed by atoms with E-state index in [4.69, 9.17) is 0 Å². The second-order valence-corrected chi connectivity index (χ2v) is 6.25. The van der Waals surface area contributed by atoms with Crippen LogP contribution in [0.1, 0.15) is 5.01 Å². The maximum Gasteiger partial charge on any atom is 0.205 e. The Hall–Kier alpha value is -1.79. The van der Waals surface area contributed by atoms with Gasteiger partial charge >= 0.3 is 0 Å². The van der Waals surface area contributed by atoms with E-state index >= 15 is 0 Å². The van der Waals surface area contributed by atoms with Crippen LogP contribution in [0.15, 0.2) is 41.3 Å². The van der Waals surface area contributed by atoms with Crippen LogP contribution in [-0.4, -0.2) is 22.4 Å². The molecule has 2 aromatic carbocycles. The van der Waals surface area contributed by atoms with Gasteiger partial charge in [-0.3, -0.25) is 0 Å². The van der Waals surface area contributed by atoms with Crippen molar-refractivity contribution in [1.82, 2.24) is 10.2 Å². The number of nitrogens with one attached hydrogen (secondary N) is 1. The number of hydrogen-bond donors (Lipinski definition) is 2. The van der Waals surface area contributed by atoms with E-state index in [1.165, 1.54) is 0 Å². The van der Waals surface area contributed by atoms with Gasteiger partial charge in [-0.15, -0.1) is 22.0 Å². The fourth-order valence-corrected chi connectivity index (χ4v) is 3.67. The Kier molecular flexibility index (Phi) is 3.75. The number of aromatic hydroxyl groups is 1. The van der Waals surface area contributed by atoms with Crippen molar-refractivity contribution in [2.45, 2.75) is 10.6 Å². The minimum absolute atomic E-state index is 0.318. The average Bonchev–Trinajstić information content (AvgIpc) is 2.95. The second kappa shape index (κ2) is 5.68. The zero-order valence-electron chi connectivity index (χ0n) is 10.8. The average molecular weight is 303 g/mol. The minimum Gasteiger partial charge on any atom is -0.507 e. The molecule has 0 radical (unpaired) electrons. The molecule has 0 spiro atoms. The molecular formula is C14H13N3OS2. The molecule has 0 aliphatic carbocycles. The van der Waals surface area contributed by atoms with Crippen molar-refractivity contribution < 1.29 is 5.11 Å². The summed E-state index contributed by atoms with van der Waals surface area (Å²) in [6.45, 7) is 0.